The highest BCUT2D eigenvalue weighted by Crippen LogP contribution is 2.44. The third-order valence-corrected chi connectivity index (χ3v) is 7.22. The van der Waals surface area contributed by atoms with Gasteiger partial charge in [0.2, 0.25) is 0 Å². The number of thiocarbonyl (C=S) groups is 1. The summed E-state index contributed by atoms with van der Waals surface area (Å²) in [7, 11) is 0. The third-order valence-electron chi connectivity index (χ3n) is 6.65. The van der Waals surface area contributed by atoms with Crippen LogP contribution in [0.1, 0.15) is 45.9 Å². The quantitative estimate of drug-likeness (QED) is 0.317. The van der Waals surface area contributed by atoms with E-state index in [-0.39, 0.29) is 12.1 Å². The molecular formula is C28H27ClN4S. The number of hydrogen-bond acceptors (Lipinski definition) is 2. The molecule has 4 aromatic rings. The predicted octanol–water partition coefficient (Wildman–Crippen LogP) is 6.94. The molecule has 1 aliphatic rings. The molecular weight excluding hydrogens is 460 g/mol. The van der Waals surface area contributed by atoms with Gasteiger partial charge in [-0.2, -0.15) is 0 Å². The minimum atomic E-state index is -0.0868. The Morgan fingerprint density at radius 3 is 2.26 bits per heavy atom. The highest BCUT2D eigenvalue weighted by molar-refractivity contribution is 7.80. The molecule has 0 unspecified atom stereocenters. The number of aromatic nitrogens is 2. The van der Waals surface area contributed by atoms with Crippen molar-refractivity contribution in [3.05, 3.63) is 112 Å². The van der Waals surface area contributed by atoms with Gasteiger partial charge < -0.3 is 14.8 Å². The number of halogens is 1. The molecule has 2 aromatic carbocycles. The van der Waals surface area contributed by atoms with Crippen molar-refractivity contribution < 1.29 is 0 Å². The second kappa shape index (κ2) is 8.90. The first-order valence-electron chi connectivity index (χ1n) is 11.4. The first kappa shape index (κ1) is 22.6. The first-order chi connectivity index (χ1) is 16.4. The van der Waals surface area contributed by atoms with Crippen molar-refractivity contribution >= 4 is 34.6 Å². The van der Waals surface area contributed by atoms with Crippen molar-refractivity contribution in [3.63, 3.8) is 0 Å². The molecule has 0 bridgehead atoms. The van der Waals surface area contributed by atoms with E-state index in [0.717, 1.165) is 11.4 Å². The standard InChI is InChI=1S/C28H27ClN4S/c1-17-8-7-9-18(2)26(17)32-19(3)16-23(20(32)4)27-25(24-10-5-6-15-30-24)31-28(34)33(27)22-13-11-21(29)12-14-22/h5-16,25,27H,1-4H3,(H,31,34)/t25-,27+/m0/s1. The van der Waals surface area contributed by atoms with Crippen molar-refractivity contribution in [3.8, 4) is 5.69 Å². The van der Waals surface area contributed by atoms with Gasteiger partial charge in [0.1, 0.15) is 0 Å². The van der Waals surface area contributed by atoms with Crippen LogP contribution in [0.25, 0.3) is 5.69 Å². The average molecular weight is 487 g/mol. The van der Waals surface area contributed by atoms with E-state index >= 15 is 0 Å². The highest BCUT2D eigenvalue weighted by atomic mass is 35.5. The zero-order valence-electron chi connectivity index (χ0n) is 19.7. The average Bonchev–Trinajstić information content (AvgIpc) is 3.31. The maximum atomic E-state index is 6.20. The number of pyridine rings is 1. The largest absolute Gasteiger partial charge is 0.351 e. The molecule has 4 nitrogen and oxygen atoms in total. The van der Waals surface area contributed by atoms with E-state index in [1.54, 1.807) is 0 Å². The molecule has 172 valence electrons. The molecule has 6 heteroatoms. The summed E-state index contributed by atoms with van der Waals surface area (Å²) in [5.41, 5.74) is 9.33. The molecule has 5 rings (SSSR count). The Morgan fingerprint density at radius 1 is 0.912 bits per heavy atom. The number of hydrogen-bond donors (Lipinski definition) is 1. The van der Waals surface area contributed by atoms with Gasteiger partial charge in [-0.15, -0.1) is 0 Å². The van der Waals surface area contributed by atoms with Crippen LogP contribution in [0.3, 0.4) is 0 Å². The first-order valence-corrected chi connectivity index (χ1v) is 12.2. The fourth-order valence-corrected chi connectivity index (χ4v) is 5.61. The van der Waals surface area contributed by atoms with Gasteiger partial charge in [0.25, 0.3) is 0 Å². The van der Waals surface area contributed by atoms with Crippen LogP contribution in [0.2, 0.25) is 5.02 Å². The molecule has 0 spiro atoms. The second-order valence-corrected chi connectivity index (χ2v) is 9.70. The maximum absolute atomic E-state index is 6.20. The summed E-state index contributed by atoms with van der Waals surface area (Å²) in [6.45, 7) is 8.71. The number of rotatable bonds is 4. The number of anilines is 1. The van der Waals surface area contributed by atoms with Crippen LogP contribution in [-0.4, -0.2) is 14.7 Å². The van der Waals surface area contributed by atoms with Crippen molar-refractivity contribution in [2.45, 2.75) is 39.8 Å². The number of nitrogens with one attached hydrogen (secondary N) is 1. The number of para-hydroxylation sites is 1. The smallest absolute Gasteiger partial charge is 0.174 e. The van der Waals surface area contributed by atoms with Gasteiger partial charge in [-0.05, 0) is 99.1 Å². The number of nitrogens with zero attached hydrogens (tertiary/aromatic N) is 3. The molecule has 1 fully saturated rings. The SMILES string of the molecule is Cc1cccc(C)c1-n1c(C)cc([C@@H]2[C@H](c3ccccn3)NC(=S)N2c2ccc(Cl)cc2)c1C. The van der Waals surface area contributed by atoms with Crippen LogP contribution in [0.15, 0.2) is 72.9 Å². The van der Waals surface area contributed by atoms with Crippen LogP contribution in [0, 0.1) is 27.7 Å². The lowest BCUT2D eigenvalue weighted by Crippen LogP contribution is -2.29. The van der Waals surface area contributed by atoms with Crippen molar-refractivity contribution in [1.29, 1.82) is 0 Å². The van der Waals surface area contributed by atoms with Crippen LogP contribution >= 0.6 is 23.8 Å². The molecule has 0 saturated carbocycles. The van der Waals surface area contributed by atoms with Gasteiger partial charge >= 0.3 is 0 Å². The Kier molecular flexibility index (Phi) is 5.92. The Labute approximate surface area is 211 Å². The summed E-state index contributed by atoms with van der Waals surface area (Å²) in [4.78, 5) is 6.88. The summed E-state index contributed by atoms with van der Waals surface area (Å²) in [6.07, 6.45) is 1.84. The molecule has 3 heterocycles. The lowest BCUT2D eigenvalue weighted by atomic mass is 9.96. The van der Waals surface area contributed by atoms with E-state index in [4.69, 9.17) is 23.8 Å². The van der Waals surface area contributed by atoms with Crippen molar-refractivity contribution in [1.82, 2.24) is 14.9 Å². The van der Waals surface area contributed by atoms with E-state index in [9.17, 15) is 0 Å². The maximum Gasteiger partial charge on any atom is 0.174 e. The summed E-state index contributed by atoms with van der Waals surface area (Å²) in [6, 6.07) is 22.5. The van der Waals surface area contributed by atoms with E-state index in [1.807, 2.05) is 42.6 Å². The third kappa shape index (κ3) is 3.79. The fourth-order valence-electron chi connectivity index (χ4n) is 5.14. The topological polar surface area (TPSA) is 33.1 Å². The lowest BCUT2D eigenvalue weighted by Gasteiger charge is -2.28. The fraction of sp³-hybridized carbons (Fsp3) is 0.214. The van der Waals surface area contributed by atoms with E-state index < -0.39 is 0 Å². The van der Waals surface area contributed by atoms with Crippen LogP contribution in [0.4, 0.5) is 5.69 Å². The Bertz CT molecular complexity index is 1340. The molecule has 0 aliphatic carbocycles. The molecule has 2 atom stereocenters. The van der Waals surface area contributed by atoms with Gasteiger partial charge in [0, 0.05) is 28.3 Å². The minimum Gasteiger partial charge on any atom is -0.351 e. The number of benzene rings is 2. The normalized spacial score (nSPS) is 17.8. The minimum absolute atomic E-state index is 0.0622. The molecule has 1 saturated heterocycles. The Hall–Kier alpha value is -3.15. The molecule has 1 N–H and O–H groups in total. The van der Waals surface area contributed by atoms with Crippen LogP contribution < -0.4 is 10.2 Å². The summed E-state index contributed by atoms with van der Waals surface area (Å²) < 4.78 is 2.37. The lowest BCUT2D eigenvalue weighted by molar-refractivity contribution is 0.565. The van der Waals surface area contributed by atoms with Crippen molar-refractivity contribution in [2.24, 2.45) is 0 Å². The molecule has 1 aliphatic heterocycles. The van der Waals surface area contributed by atoms with Crippen LogP contribution in [0.5, 0.6) is 0 Å². The second-order valence-electron chi connectivity index (χ2n) is 8.88. The zero-order valence-corrected chi connectivity index (χ0v) is 21.3. The van der Waals surface area contributed by atoms with E-state index in [1.165, 1.54) is 33.8 Å². The summed E-state index contributed by atoms with van der Waals surface area (Å²) in [5, 5.41) is 4.94. The van der Waals surface area contributed by atoms with Gasteiger partial charge in [0.05, 0.1) is 23.5 Å². The van der Waals surface area contributed by atoms with Gasteiger partial charge in [0.15, 0.2) is 5.11 Å². The monoisotopic (exact) mass is 486 g/mol. The van der Waals surface area contributed by atoms with E-state index in [0.29, 0.717) is 10.1 Å². The summed E-state index contributed by atoms with van der Waals surface area (Å²) >= 11 is 12.1. The van der Waals surface area contributed by atoms with E-state index in [2.05, 4.69) is 77.8 Å². The van der Waals surface area contributed by atoms with Gasteiger partial charge in [-0.25, -0.2) is 0 Å². The van der Waals surface area contributed by atoms with Gasteiger partial charge in [-0.3, -0.25) is 4.98 Å². The molecule has 0 amide bonds. The Morgan fingerprint density at radius 2 is 1.62 bits per heavy atom. The molecule has 0 radical (unpaired) electrons. The van der Waals surface area contributed by atoms with Gasteiger partial charge in [-0.1, -0.05) is 35.9 Å². The summed E-state index contributed by atoms with van der Waals surface area (Å²) in [5.74, 6) is 0. The highest BCUT2D eigenvalue weighted by Gasteiger charge is 2.42. The predicted molar refractivity (Wildman–Crippen MR) is 144 cm³/mol. The number of aryl methyl sites for hydroxylation is 3. The molecule has 34 heavy (non-hydrogen) atoms. The van der Waals surface area contributed by atoms with Crippen LogP contribution in [-0.2, 0) is 0 Å². The zero-order chi connectivity index (χ0) is 24.0. The molecule has 2 aromatic heterocycles. The van der Waals surface area contributed by atoms with Crippen molar-refractivity contribution in [2.75, 3.05) is 4.90 Å². The Balaban J connectivity index is 1.71.